The fourth-order valence-corrected chi connectivity index (χ4v) is 1.81. The molecule has 0 aromatic carbocycles. The van der Waals surface area contributed by atoms with Crippen LogP contribution in [0.25, 0.3) is 0 Å². The number of pyridine rings is 1. The smallest absolute Gasteiger partial charge is 0.317 e. The maximum absolute atomic E-state index is 11.9. The van der Waals surface area contributed by atoms with Crippen molar-refractivity contribution in [2.45, 2.75) is 33.2 Å². The Morgan fingerprint density at radius 1 is 1.40 bits per heavy atom. The van der Waals surface area contributed by atoms with Gasteiger partial charge in [-0.2, -0.15) is 0 Å². The molecule has 0 aliphatic rings. The van der Waals surface area contributed by atoms with E-state index in [-0.39, 0.29) is 18.1 Å². The number of nitrogens with zero attached hydrogens (tertiary/aromatic N) is 2. The van der Waals surface area contributed by atoms with Gasteiger partial charge < -0.3 is 15.3 Å². The van der Waals surface area contributed by atoms with Gasteiger partial charge in [0.2, 0.25) is 0 Å². The van der Waals surface area contributed by atoms with Gasteiger partial charge in [0.1, 0.15) is 0 Å². The van der Waals surface area contributed by atoms with Crippen molar-refractivity contribution in [2.24, 2.45) is 5.41 Å². The molecule has 0 spiro atoms. The maximum atomic E-state index is 11.9. The van der Waals surface area contributed by atoms with Gasteiger partial charge in [-0.25, -0.2) is 4.79 Å². The minimum absolute atomic E-state index is 0.0757. The van der Waals surface area contributed by atoms with E-state index in [0.717, 1.165) is 18.4 Å². The van der Waals surface area contributed by atoms with Crippen molar-refractivity contribution in [3.8, 4) is 0 Å². The molecule has 0 unspecified atom stereocenters. The maximum Gasteiger partial charge on any atom is 0.317 e. The molecule has 1 heterocycles. The van der Waals surface area contributed by atoms with Gasteiger partial charge >= 0.3 is 6.03 Å². The summed E-state index contributed by atoms with van der Waals surface area (Å²) in [5.41, 5.74) is 0.979. The first-order valence-corrected chi connectivity index (χ1v) is 6.93. The minimum Gasteiger partial charge on any atom is -0.396 e. The summed E-state index contributed by atoms with van der Waals surface area (Å²) in [4.78, 5) is 17.5. The highest BCUT2D eigenvalue weighted by atomic mass is 16.3. The summed E-state index contributed by atoms with van der Waals surface area (Å²) in [5, 5.41) is 12.0. The van der Waals surface area contributed by atoms with Crippen molar-refractivity contribution in [1.29, 1.82) is 0 Å². The van der Waals surface area contributed by atoms with Gasteiger partial charge in [0.15, 0.2) is 0 Å². The molecule has 0 atom stereocenters. The summed E-state index contributed by atoms with van der Waals surface area (Å²) < 4.78 is 0. The van der Waals surface area contributed by atoms with E-state index in [1.165, 1.54) is 0 Å². The molecule has 2 amide bonds. The average molecular weight is 279 g/mol. The standard InChI is InChI=1S/C15H25N3O2/c1-15(2,12-19)7-4-8-17-14(20)18(3)11-13-5-9-16-10-6-13/h5-6,9-10,19H,4,7-8,11-12H2,1-3H3,(H,17,20). The van der Waals surface area contributed by atoms with Crippen LogP contribution in [0.1, 0.15) is 32.3 Å². The van der Waals surface area contributed by atoms with E-state index in [4.69, 9.17) is 5.11 Å². The Morgan fingerprint density at radius 2 is 2.05 bits per heavy atom. The number of nitrogens with one attached hydrogen (secondary N) is 1. The molecule has 2 N–H and O–H groups in total. The summed E-state index contributed by atoms with van der Waals surface area (Å²) >= 11 is 0. The van der Waals surface area contributed by atoms with E-state index in [1.807, 2.05) is 26.0 Å². The number of hydrogen-bond acceptors (Lipinski definition) is 3. The molecule has 1 aromatic heterocycles. The second-order valence-corrected chi connectivity index (χ2v) is 5.87. The third kappa shape index (κ3) is 6.02. The number of urea groups is 1. The Balaban J connectivity index is 2.25. The number of carbonyl (C=O) groups is 1. The van der Waals surface area contributed by atoms with Crippen LogP contribution in [-0.4, -0.2) is 41.2 Å². The minimum atomic E-state index is -0.0800. The number of rotatable bonds is 7. The second kappa shape index (κ2) is 7.85. The van der Waals surface area contributed by atoms with Crippen molar-refractivity contribution in [1.82, 2.24) is 15.2 Å². The van der Waals surface area contributed by atoms with Gasteiger partial charge in [0, 0.05) is 39.1 Å². The van der Waals surface area contributed by atoms with Gasteiger partial charge in [-0.3, -0.25) is 4.98 Å². The van der Waals surface area contributed by atoms with Crippen LogP contribution in [0.4, 0.5) is 4.79 Å². The van der Waals surface area contributed by atoms with Crippen molar-refractivity contribution in [3.63, 3.8) is 0 Å². The molecule has 0 aliphatic heterocycles. The zero-order valence-corrected chi connectivity index (χ0v) is 12.6. The summed E-state index contributed by atoms with van der Waals surface area (Å²) in [5.74, 6) is 0. The van der Waals surface area contributed by atoms with Crippen molar-refractivity contribution in [3.05, 3.63) is 30.1 Å². The van der Waals surface area contributed by atoms with E-state index < -0.39 is 0 Å². The third-order valence-electron chi connectivity index (χ3n) is 3.25. The molecule has 0 bridgehead atoms. The second-order valence-electron chi connectivity index (χ2n) is 5.87. The highest BCUT2D eigenvalue weighted by Crippen LogP contribution is 2.20. The largest absolute Gasteiger partial charge is 0.396 e. The first kappa shape index (κ1) is 16.4. The van der Waals surface area contributed by atoms with Crippen LogP contribution in [0.5, 0.6) is 0 Å². The van der Waals surface area contributed by atoms with E-state index in [0.29, 0.717) is 13.1 Å². The molecule has 112 valence electrons. The fraction of sp³-hybridized carbons (Fsp3) is 0.600. The summed E-state index contributed by atoms with van der Waals surface area (Å²) in [6, 6.07) is 3.71. The van der Waals surface area contributed by atoms with Crippen molar-refractivity contribution >= 4 is 6.03 Å². The lowest BCUT2D eigenvalue weighted by molar-refractivity contribution is 0.147. The molecular weight excluding hydrogens is 254 g/mol. The lowest BCUT2D eigenvalue weighted by atomic mass is 9.89. The van der Waals surface area contributed by atoms with Crippen LogP contribution in [0.3, 0.4) is 0 Å². The normalized spacial score (nSPS) is 11.2. The molecule has 0 fully saturated rings. The van der Waals surface area contributed by atoms with Gasteiger partial charge in [0.05, 0.1) is 0 Å². The first-order valence-electron chi connectivity index (χ1n) is 6.93. The Kier molecular flexibility index (Phi) is 6.45. The van der Waals surface area contributed by atoms with Crippen LogP contribution in [-0.2, 0) is 6.54 Å². The lowest BCUT2D eigenvalue weighted by Gasteiger charge is -2.22. The molecule has 1 rings (SSSR count). The van der Waals surface area contributed by atoms with Crippen LogP contribution >= 0.6 is 0 Å². The first-order chi connectivity index (χ1) is 9.44. The summed E-state index contributed by atoms with van der Waals surface area (Å²) in [6.45, 7) is 5.40. The van der Waals surface area contributed by atoms with E-state index in [1.54, 1.807) is 24.3 Å². The number of aromatic nitrogens is 1. The van der Waals surface area contributed by atoms with Crippen molar-refractivity contribution < 1.29 is 9.90 Å². The SMILES string of the molecule is CN(Cc1ccncc1)C(=O)NCCCC(C)(C)CO. The van der Waals surface area contributed by atoms with Crippen LogP contribution < -0.4 is 5.32 Å². The molecular formula is C15H25N3O2. The zero-order chi connectivity index (χ0) is 15.0. The fourth-order valence-electron chi connectivity index (χ4n) is 1.81. The van der Waals surface area contributed by atoms with Crippen LogP contribution in [0.2, 0.25) is 0 Å². The number of aliphatic hydroxyl groups is 1. The van der Waals surface area contributed by atoms with Gasteiger partial charge in [-0.05, 0) is 36.0 Å². The lowest BCUT2D eigenvalue weighted by Crippen LogP contribution is -2.37. The molecule has 20 heavy (non-hydrogen) atoms. The number of hydrogen-bond donors (Lipinski definition) is 2. The van der Waals surface area contributed by atoms with E-state index in [2.05, 4.69) is 10.3 Å². The predicted molar refractivity (Wildman–Crippen MR) is 79.2 cm³/mol. The molecule has 0 aliphatic carbocycles. The monoisotopic (exact) mass is 279 g/mol. The Hall–Kier alpha value is -1.62. The van der Waals surface area contributed by atoms with Crippen molar-refractivity contribution in [2.75, 3.05) is 20.2 Å². The Bertz CT molecular complexity index is 407. The molecule has 1 aromatic rings. The quantitative estimate of drug-likeness (QED) is 0.750. The molecule has 0 saturated carbocycles. The highest BCUT2D eigenvalue weighted by Gasteiger charge is 2.16. The molecule has 5 nitrogen and oxygen atoms in total. The number of carbonyl (C=O) groups excluding carboxylic acids is 1. The molecule has 0 saturated heterocycles. The Labute approximate surface area is 121 Å². The number of aliphatic hydroxyl groups excluding tert-OH is 1. The molecule has 0 radical (unpaired) electrons. The average Bonchev–Trinajstić information content (AvgIpc) is 2.44. The zero-order valence-electron chi connectivity index (χ0n) is 12.6. The van der Waals surface area contributed by atoms with Crippen LogP contribution in [0, 0.1) is 5.41 Å². The predicted octanol–water partition coefficient (Wildman–Crippen LogP) is 2.02. The number of amides is 2. The van der Waals surface area contributed by atoms with Gasteiger partial charge in [-0.1, -0.05) is 13.8 Å². The van der Waals surface area contributed by atoms with Gasteiger partial charge in [-0.15, -0.1) is 0 Å². The third-order valence-corrected chi connectivity index (χ3v) is 3.25. The van der Waals surface area contributed by atoms with Crippen LogP contribution in [0.15, 0.2) is 24.5 Å². The summed E-state index contributed by atoms with van der Waals surface area (Å²) in [7, 11) is 1.77. The summed E-state index contributed by atoms with van der Waals surface area (Å²) in [6.07, 6.45) is 5.19. The van der Waals surface area contributed by atoms with E-state index in [9.17, 15) is 4.79 Å². The highest BCUT2D eigenvalue weighted by molar-refractivity contribution is 5.73. The molecule has 5 heteroatoms. The van der Waals surface area contributed by atoms with Gasteiger partial charge in [0.25, 0.3) is 0 Å². The Morgan fingerprint density at radius 3 is 2.65 bits per heavy atom. The topological polar surface area (TPSA) is 65.5 Å². The van der Waals surface area contributed by atoms with E-state index >= 15 is 0 Å².